The highest BCUT2D eigenvalue weighted by Gasteiger charge is 2.45. The van der Waals surface area contributed by atoms with E-state index in [-0.39, 0.29) is 17.7 Å². The number of thiazole rings is 1. The Balaban J connectivity index is 1.26. The molecular weight excluding hydrogens is 320 g/mol. The Hall–Kier alpha value is -2.40. The monoisotopic (exact) mass is 338 g/mol. The smallest absolute Gasteiger partial charge is 0.223 e. The SMILES string of the molecule is O=C(NCCc1csc(-c2ccccc2)n1)[C@H]1C[C@H]1c1ccco1. The Kier molecular flexibility index (Phi) is 4.17. The van der Waals surface area contributed by atoms with Crippen LogP contribution in [0.4, 0.5) is 0 Å². The number of furan rings is 1. The summed E-state index contributed by atoms with van der Waals surface area (Å²) in [6.45, 7) is 0.623. The van der Waals surface area contributed by atoms with Crippen molar-refractivity contribution in [3.63, 3.8) is 0 Å². The lowest BCUT2D eigenvalue weighted by atomic mass is 10.2. The van der Waals surface area contributed by atoms with E-state index in [1.807, 2.05) is 30.3 Å². The van der Waals surface area contributed by atoms with Gasteiger partial charge in [0.15, 0.2) is 0 Å². The predicted molar refractivity (Wildman–Crippen MR) is 93.8 cm³/mol. The highest BCUT2D eigenvalue weighted by Crippen LogP contribution is 2.47. The third kappa shape index (κ3) is 3.26. The number of nitrogens with one attached hydrogen (secondary N) is 1. The van der Waals surface area contributed by atoms with E-state index in [1.165, 1.54) is 0 Å². The van der Waals surface area contributed by atoms with Crippen molar-refractivity contribution in [2.24, 2.45) is 5.92 Å². The molecule has 3 aromatic rings. The maximum Gasteiger partial charge on any atom is 0.223 e. The van der Waals surface area contributed by atoms with Crippen LogP contribution in [0.15, 0.2) is 58.5 Å². The quantitative estimate of drug-likeness (QED) is 0.742. The lowest BCUT2D eigenvalue weighted by Crippen LogP contribution is -2.27. The molecule has 5 heteroatoms. The zero-order valence-electron chi connectivity index (χ0n) is 13.1. The Morgan fingerprint density at radius 2 is 2.12 bits per heavy atom. The first-order chi connectivity index (χ1) is 11.8. The van der Waals surface area contributed by atoms with Gasteiger partial charge in [-0.25, -0.2) is 4.98 Å². The van der Waals surface area contributed by atoms with Gasteiger partial charge in [0.2, 0.25) is 5.91 Å². The third-order valence-corrected chi connectivity index (χ3v) is 5.23. The van der Waals surface area contributed by atoms with Gasteiger partial charge in [-0.15, -0.1) is 11.3 Å². The van der Waals surface area contributed by atoms with Gasteiger partial charge < -0.3 is 9.73 Å². The van der Waals surface area contributed by atoms with Crippen molar-refractivity contribution >= 4 is 17.2 Å². The molecular formula is C19H18N2O2S. The number of benzene rings is 1. The molecule has 2 atom stereocenters. The van der Waals surface area contributed by atoms with Crippen molar-refractivity contribution in [3.05, 3.63) is 65.6 Å². The van der Waals surface area contributed by atoms with E-state index in [1.54, 1.807) is 17.6 Å². The van der Waals surface area contributed by atoms with E-state index in [9.17, 15) is 4.79 Å². The molecule has 2 aromatic heterocycles. The lowest BCUT2D eigenvalue weighted by molar-refractivity contribution is -0.122. The molecule has 1 aliphatic carbocycles. The Morgan fingerprint density at radius 1 is 1.25 bits per heavy atom. The molecule has 1 amide bonds. The summed E-state index contributed by atoms with van der Waals surface area (Å²) < 4.78 is 5.37. The topological polar surface area (TPSA) is 55.1 Å². The first-order valence-corrected chi connectivity index (χ1v) is 9.00. The summed E-state index contributed by atoms with van der Waals surface area (Å²) >= 11 is 1.64. The normalized spacial score (nSPS) is 19.2. The zero-order valence-corrected chi connectivity index (χ0v) is 14.0. The van der Waals surface area contributed by atoms with Crippen LogP contribution < -0.4 is 5.32 Å². The number of rotatable bonds is 6. The first-order valence-electron chi connectivity index (χ1n) is 8.12. The second-order valence-electron chi connectivity index (χ2n) is 6.02. The average molecular weight is 338 g/mol. The number of carbonyl (C=O) groups is 1. The van der Waals surface area contributed by atoms with Gasteiger partial charge in [0, 0.05) is 35.7 Å². The summed E-state index contributed by atoms with van der Waals surface area (Å²) in [6, 6.07) is 14.0. The second kappa shape index (κ2) is 6.61. The molecule has 0 saturated heterocycles. The largest absolute Gasteiger partial charge is 0.469 e. The van der Waals surface area contributed by atoms with Gasteiger partial charge >= 0.3 is 0 Å². The molecule has 1 N–H and O–H groups in total. The Labute approximate surface area is 144 Å². The fourth-order valence-corrected chi connectivity index (χ4v) is 3.74. The van der Waals surface area contributed by atoms with Gasteiger partial charge in [0.1, 0.15) is 10.8 Å². The molecule has 122 valence electrons. The van der Waals surface area contributed by atoms with Crippen LogP contribution in [-0.4, -0.2) is 17.4 Å². The summed E-state index contributed by atoms with van der Waals surface area (Å²) in [7, 11) is 0. The fourth-order valence-electron chi connectivity index (χ4n) is 2.88. The molecule has 0 radical (unpaired) electrons. The maximum atomic E-state index is 12.2. The van der Waals surface area contributed by atoms with Gasteiger partial charge in [0.25, 0.3) is 0 Å². The van der Waals surface area contributed by atoms with Crippen molar-refractivity contribution < 1.29 is 9.21 Å². The lowest BCUT2D eigenvalue weighted by Gasteiger charge is -2.03. The molecule has 24 heavy (non-hydrogen) atoms. The average Bonchev–Trinajstić information content (AvgIpc) is 3.01. The van der Waals surface area contributed by atoms with Crippen molar-refractivity contribution in [3.8, 4) is 10.6 Å². The number of nitrogens with zero attached hydrogens (tertiary/aromatic N) is 1. The van der Waals surface area contributed by atoms with Crippen LogP contribution in [0.3, 0.4) is 0 Å². The first kappa shape index (κ1) is 15.1. The minimum absolute atomic E-state index is 0.0615. The maximum absolute atomic E-state index is 12.2. The number of aromatic nitrogens is 1. The van der Waals surface area contributed by atoms with E-state index >= 15 is 0 Å². The number of hydrogen-bond donors (Lipinski definition) is 1. The number of amides is 1. The summed E-state index contributed by atoms with van der Waals surface area (Å²) in [6.07, 6.45) is 3.30. The zero-order chi connectivity index (χ0) is 16.4. The van der Waals surface area contributed by atoms with E-state index in [0.717, 1.165) is 34.9 Å². The molecule has 1 fully saturated rings. The van der Waals surface area contributed by atoms with Crippen molar-refractivity contribution in [2.75, 3.05) is 6.54 Å². The molecule has 1 aliphatic rings. The summed E-state index contributed by atoms with van der Waals surface area (Å²) in [5.41, 5.74) is 2.16. The van der Waals surface area contributed by atoms with Crippen LogP contribution in [0.1, 0.15) is 23.8 Å². The standard InChI is InChI=1S/C19H18N2O2S/c22-18(16-11-15(16)17-7-4-10-23-17)20-9-8-14-12-24-19(21-14)13-5-2-1-3-6-13/h1-7,10,12,15-16H,8-9,11H2,(H,20,22)/t15-,16+/m1/s1. The van der Waals surface area contributed by atoms with Gasteiger partial charge in [-0.1, -0.05) is 30.3 Å². The minimum atomic E-state index is 0.0615. The molecule has 0 aliphatic heterocycles. The van der Waals surface area contributed by atoms with Gasteiger partial charge in [-0.2, -0.15) is 0 Å². The second-order valence-corrected chi connectivity index (χ2v) is 6.87. The van der Waals surface area contributed by atoms with Crippen LogP contribution in [0, 0.1) is 5.92 Å². The molecule has 1 aromatic carbocycles. The fraction of sp³-hybridized carbons (Fsp3) is 0.263. The molecule has 4 rings (SSSR count). The molecule has 0 unspecified atom stereocenters. The van der Waals surface area contributed by atoms with Crippen LogP contribution in [0.5, 0.6) is 0 Å². The van der Waals surface area contributed by atoms with Crippen LogP contribution in [0.2, 0.25) is 0 Å². The van der Waals surface area contributed by atoms with Gasteiger partial charge in [-0.05, 0) is 18.6 Å². The molecule has 0 spiro atoms. The Bertz CT molecular complexity index is 811. The minimum Gasteiger partial charge on any atom is -0.469 e. The highest BCUT2D eigenvalue weighted by atomic mass is 32.1. The van der Waals surface area contributed by atoms with Crippen LogP contribution >= 0.6 is 11.3 Å². The van der Waals surface area contributed by atoms with E-state index < -0.39 is 0 Å². The summed E-state index contributed by atoms with van der Waals surface area (Å²) in [4.78, 5) is 16.8. The van der Waals surface area contributed by atoms with Crippen molar-refractivity contribution in [1.82, 2.24) is 10.3 Å². The van der Waals surface area contributed by atoms with E-state index in [4.69, 9.17) is 4.42 Å². The summed E-state index contributed by atoms with van der Waals surface area (Å²) in [5.74, 6) is 1.35. The molecule has 0 bridgehead atoms. The summed E-state index contributed by atoms with van der Waals surface area (Å²) in [5, 5.41) is 6.11. The van der Waals surface area contributed by atoms with Crippen LogP contribution in [-0.2, 0) is 11.2 Å². The van der Waals surface area contributed by atoms with Gasteiger partial charge in [-0.3, -0.25) is 4.79 Å². The Morgan fingerprint density at radius 3 is 2.92 bits per heavy atom. The molecule has 1 saturated carbocycles. The van der Waals surface area contributed by atoms with Crippen LogP contribution in [0.25, 0.3) is 10.6 Å². The van der Waals surface area contributed by atoms with E-state index in [2.05, 4.69) is 27.8 Å². The van der Waals surface area contributed by atoms with Crippen molar-refractivity contribution in [2.45, 2.75) is 18.8 Å². The predicted octanol–water partition coefficient (Wildman–Crippen LogP) is 3.87. The number of carbonyl (C=O) groups excluding carboxylic acids is 1. The highest BCUT2D eigenvalue weighted by molar-refractivity contribution is 7.13. The van der Waals surface area contributed by atoms with E-state index in [0.29, 0.717) is 6.54 Å². The number of hydrogen-bond acceptors (Lipinski definition) is 4. The molecule has 2 heterocycles. The van der Waals surface area contributed by atoms with Gasteiger partial charge in [0.05, 0.1) is 12.0 Å². The third-order valence-electron chi connectivity index (χ3n) is 4.29. The molecule has 4 nitrogen and oxygen atoms in total. The van der Waals surface area contributed by atoms with Crippen molar-refractivity contribution in [1.29, 1.82) is 0 Å².